The van der Waals surface area contributed by atoms with E-state index in [1.165, 1.54) is 12.1 Å². The van der Waals surface area contributed by atoms with Crippen LogP contribution in [0.25, 0.3) is 11.1 Å². The molecule has 0 saturated heterocycles. The van der Waals surface area contributed by atoms with Crippen molar-refractivity contribution in [2.24, 2.45) is 0 Å². The molecule has 3 aromatic carbocycles. The molecule has 3 rings (SSSR count). The zero-order valence-electron chi connectivity index (χ0n) is 18.1. The lowest BCUT2D eigenvalue weighted by molar-refractivity contribution is -0.139. The summed E-state index contributed by atoms with van der Waals surface area (Å²) >= 11 is 0. The Morgan fingerprint density at radius 2 is 1.88 bits per heavy atom. The molecule has 0 atom stereocenters. The Bertz CT molecular complexity index is 1070. The molecule has 0 aromatic heterocycles. The number of carbonyl (C=O) groups is 1. The first-order chi connectivity index (χ1) is 15.5. The summed E-state index contributed by atoms with van der Waals surface area (Å²) in [4.78, 5) is 10.6. The lowest BCUT2D eigenvalue weighted by Crippen LogP contribution is -2.10. The van der Waals surface area contributed by atoms with Gasteiger partial charge in [-0.15, -0.1) is 0 Å². The van der Waals surface area contributed by atoms with Gasteiger partial charge in [0.2, 0.25) is 0 Å². The average molecular weight is 439 g/mol. The zero-order valence-corrected chi connectivity index (χ0v) is 18.1. The molecule has 0 bridgehead atoms. The minimum absolute atomic E-state index is 0.0925. The quantitative estimate of drug-likeness (QED) is 0.414. The van der Waals surface area contributed by atoms with Crippen LogP contribution < -0.4 is 14.8 Å². The largest absolute Gasteiger partial charge is 0.491 e. The summed E-state index contributed by atoms with van der Waals surface area (Å²) in [6.07, 6.45) is 0. The van der Waals surface area contributed by atoms with E-state index in [0.717, 1.165) is 28.0 Å². The molecule has 0 radical (unpaired) electrons. The van der Waals surface area contributed by atoms with E-state index in [-0.39, 0.29) is 5.75 Å². The van der Waals surface area contributed by atoms with Gasteiger partial charge in [-0.3, -0.25) is 0 Å². The van der Waals surface area contributed by atoms with Gasteiger partial charge in [-0.25, -0.2) is 9.18 Å². The molecule has 7 heteroatoms. The van der Waals surface area contributed by atoms with Crippen molar-refractivity contribution in [2.45, 2.75) is 13.5 Å². The number of methoxy groups -OCH3 is 1. The number of rotatable bonds is 11. The van der Waals surface area contributed by atoms with E-state index < -0.39 is 18.4 Å². The Kier molecular flexibility index (Phi) is 8.05. The predicted molar refractivity (Wildman–Crippen MR) is 121 cm³/mol. The summed E-state index contributed by atoms with van der Waals surface area (Å²) in [5.74, 6) is -1.06. The molecular weight excluding hydrogens is 413 g/mol. The van der Waals surface area contributed by atoms with Crippen LogP contribution in [0.4, 0.5) is 10.1 Å². The minimum Gasteiger partial charge on any atom is -0.491 e. The monoisotopic (exact) mass is 439 g/mol. The fourth-order valence-corrected chi connectivity index (χ4v) is 3.21. The van der Waals surface area contributed by atoms with Crippen LogP contribution in [0, 0.1) is 12.7 Å². The number of aliphatic carboxylic acids is 1. The second kappa shape index (κ2) is 11.2. The topological polar surface area (TPSA) is 77.0 Å². The number of halogens is 1. The standard InChI is InChI=1S/C25H26FNO5/c1-17-12-21(31-11-10-30-2)7-8-22(17)19-5-3-4-18(13-19)15-27-20-6-9-24(23(26)14-20)32-16-25(28)29/h3-9,12-14,27H,10-11,15-16H2,1-2H3,(H,28,29). The van der Waals surface area contributed by atoms with Crippen LogP contribution in [0.2, 0.25) is 0 Å². The number of hydrogen-bond acceptors (Lipinski definition) is 5. The molecular formula is C25H26FNO5. The third-order valence-electron chi connectivity index (χ3n) is 4.77. The smallest absolute Gasteiger partial charge is 0.341 e. The third-order valence-corrected chi connectivity index (χ3v) is 4.77. The SMILES string of the molecule is COCCOc1ccc(-c2cccc(CNc3ccc(OCC(=O)O)c(F)c3)c2)c(C)c1. The van der Waals surface area contributed by atoms with Gasteiger partial charge in [0, 0.05) is 25.4 Å². The highest BCUT2D eigenvalue weighted by molar-refractivity contribution is 5.69. The van der Waals surface area contributed by atoms with E-state index in [9.17, 15) is 9.18 Å². The third kappa shape index (κ3) is 6.46. The first-order valence-corrected chi connectivity index (χ1v) is 10.2. The van der Waals surface area contributed by atoms with Gasteiger partial charge in [0.05, 0.1) is 6.61 Å². The van der Waals surface area contributed by atoms with E-state index in [4.69, 9.17) is 19.3 Å². The van der Waals surface area contributed by atoms with Crippen LogP contribution in [0.3, 0.4) is 0 Å². The van der Waals surface area contributed by atoms with E-state index in [1.54, 1.807) is 13.2 Å². The second-order valence-electron chi connectivity index (χ2n) is 7.20. The van der Waals surface area contributed by atoms with Crippen LogP contribution in [0.5, 0.6) is 11.5 Å². The van der Waals surface area contributed by atoms with E-state index in [1.807, 2.05) is 43.3 Å². The van der Waals surface area contributed by atoms with Crippen molar-refractivity contribution in [3.05, 3.63) is 77.6 Å². The zero-order chi connectivity index (χ0) is 22.9. The van der Waals surface area contributed by atoms with Gasteiger partial charge in [-0.05, 0) is 59.5 Å². The van der Waals surface area contributed by atoms with Crippen LogP contribution in [-0.2, 0) is 16.1 Å². The number of anilines is 1. The lowest BCUT2D eigenvalue weighted by atomic mass is 9.98. The number of carboxylic acid groups (broad SMARTS) is 1. The molecule has 6 nitrogen and oxygen atoms in total. The van der Waals surface area contributed by atoms with Crippen LogP contribution in [0.1, 0.15) is 11.1 Å². The summed E-state index contributed by atoms with van der Waals surface area (Å²) in [5.41, 5.74) is 4.90. The summed E-state index contributed by atoms with van der Waals surface area (Å²) in [6, 6.07) is 18.4. The number of hydrogen-bond donors (Lipinski definition) is 2. The molecule has 0 unspecified atom stereocenters. The van der Waals surface area contributed by atoms with E-state index in [2.05, 4.69) is 11.4 Å². The molecule has 0 aliphatic rings. The average Bonchev–Trinajstić information content (AvgIpc) is 2.77. The normalized spacial score (nSPS) is 10.6. The number of carboxylic acids is 1. The Labute approximate surface area is 186 Å². The molecule has 32 heavy (non-hydrogen) atoms. The highest BCUT2D eigenvalue weighted by Crippen LogP contribution is 2.28. The Hall–Kier alpha value is -3.58. The fraction of sp³-hybridized carbons (Fsp3) is 0.240. The molecule has 0 aliphatic heterocycles. The van der Waals surface area contributed by atoms with E-state index in [0.29, 0.717) is 25.4 Å². The van der Waals surface area contributed by atoms with Gasteiger partial charge in [-0.1, -0.05) is 24.3 Å². The first-order valence-electron chi connectivity index (χ1n) is 10.2. The van der Waals surface area contributed by atoms with E-state index >= 15 is 0 Å². The molecule has 0 amide bonds. The maximum absolute atomic E-state index is 14.1. The van der Waals surface area contributed by atoms with Crippen molar-refractivity contribution in [3.8, 4) is 22.6 Å². The van der Waals surface area contributed by atoms with Crippen molar-refractivity contribution >= 4 is 11.7 Å². The van der Waals surface area contributed by atoms with Crippen LogP contribution >= 0.6 is 0 Å². The minimum atomic E-state index is -1.16. The number of benzene rings is 3. The summed E-state index contributed by atoms with van der Waals surface area (Å²) in [7, 11) is 1.64. The van der Waals surface area contributed by atoms with Crippen molar-refractivity contribution in [2.75, 3.05) is 32.2 Å². The van der Waals surface area contributed by atoms with Gasteiger partial charge >= 0.3 is 5.97 Å². The summed E-state index contributed by atoms with van der Waals surface area (Å²) in [5, 5.41) is 11.8. The fourth-order valence-electron chi connectivity index (χ4n) is 3.21. The maximum atomic E-state index is 14.1. The van der Waals surface area contributed by atoms with Gasteiger partial charge in [0.15, 0.2) is 18.2 Å². The Morgan fingerprint density at radius 1 is 1.03 bits per heavy atom. The van der Waals surface area contributed by atoms with Gasteiger partial charge in [0.25, 0.3) is 0 Å². The predicted octanol–water partition coefficient (Wildman–Crippen LogP) is 4.90. The molecule has 0 fully saturated rings. The summed E-state index contributed by atoms with van der Waals surface area (Å²) < 4.78 is 29.7. The maximum Gasteiger partial charge on any atom is 0.341 e. The van der Waals surface area contributed by atoms with Gasteiger partial charge in [0.1, 0.15) is 12.4 Å². The summed E-state index contributed by atoms with van der Waals surface area (Å²) in [6.45, 7) is 3.00. The molecule has 3 aromatic rings. The van der Waals surface area contributed by atoms with Crippen LogP contribution in [0.15, 0.2) is 60.7 Å². The van der Waals surface area contributed by atoms with Crippen LogP contribution in [-0.4, -0.2) is 38.0 Å². The van der Waals surface area contributed by atoms with Gasteiger partial charge in [-0.2, -0.15) is 0 Å². The highest BCUT2D eigenvalue weighted by Gasteiger charge is 2.08. The number of nitrogens with one attached hydrogen (secondary N) is 1. The molecule has 0 spiro atoms. The van der Waals surface area contributed by atoms with Crippen molar-refractivity contribution < 1.29 is 28.5 Å². The molecule has 2 N–H and O–H groups in total. The van der Waals surface area contributed by atoms with Crippen molar-refractivity contribution in [1.29, 1.82) is 0 Å². The molecule has 168 valence electrons. The molecule has 0 heterocycles. The number of aryl methyl sites for hydroxylation is 1. The van der Waals surface area contributed by atoms with Gasteiger partial charge < -0.3 is 24.6 Å². The Balaban J connectivity index is 1.65. The lowest BCUT2D eigenvalue weighted by Gasteiger charge is -2.12. The second-order valence-corrected chi connectivity index (χ2v) is 7.20. The van der Waals surface area contributed by atoms with Crippen molar-refractivity contribution in [1.82, 2.24) is 0 Å². The number of ether oxygens (including phenoxy) is 3. The molecule has 0 aliphatic carbocycles. The highest BCUT2D eigenvalue weighted by atomic mass is 19.1. The van der Waals surface area contributed by atoms with Crippen molar-refractivity contribution in [3.63, 3.8) is 0 Å². The molecule has 0 saturated carbocycles. The first kappa shape index (κ1) is 23.1. The Morgan fingerprint density at radius 3 is 2.59 bits per heavy atom.